The predicted molar refractivity (Wildman–Crippen MR) is 172 cm³/mol. The van der Waals surface area contributed by atoms with E-state index in [1.807, 2.05) is 0 Å². The zero-order valence-electron chi connectivity index (χ0n) is 24.9. The Morgan fingerprint density at radius 1 is 0.441 bits per heavy atom. The quantitative estimate of drug-likeness (QED) is 0.246. The van der Waals surface area contributed by atoms with Crippen LogP contribution < -0.4 is 20.7 Å². The highest BCUT2D eigenvalue weighted by atomic mass is 28.3. The summed E-state index contributed by atoms with van der Waals surface area (Å²) in [6, 6.07) is 12.9. The second kappa shape index (κ2) is 8.29. The van der Waals surface area contributed by atoms with Gasteiger partial charge in [-0.3, -0.25) is 0 Å². The molecule has 0 N–H and O–H groups in total. The molecule has 186 valence electrons. The molecule has 0 aromatic heterocycles. The summed E-state index contributed by atoms with van der Waals surface area (Å²) >= 11 is 0. The number of rotatable bonds is 4. The first-order valence-electron chi connectivity index (χ1n) is 13.1. The van der Waals surface area contributed by atoms with Crippen LogP contribution in [0.4, 0.5) is 0 Å². The van der Waals surface area contributed by atoms with Crippen molar-refractivity contribution in [2.75, 3.05) is 0 Å². The lowest BCUT2D eigenvalue weighted by Gasteiger charge is -2.36. The third-order valence-electron chi connectivity index (χ3n) is 7.16. The summed E-state index contributed by atoms with van der Waals surface area (Å²) in [4.78, 5) is 0. The van der Waals surface area contributed by atoms with Crippen molar-refractivity contribution in [1.82, 2.24) is 0 Å². The smallest absolute Gasteiger partial charge is 0.0656 e. The molecule has 0 saturated heterocycles. The van der Waals surface area contributed by atoms with E-state index < -0.39 is 32.3 Å². The maximum Gasteiger partial charge on any atom is 0.0782 e. The van der Waals surface area contributed by atoms with Gasteiger partial charge >= 0.3 is 0 Å². The Morgan fingerprint density at radius 3 is 1.21 bits per heavy atom. The van der Waals surface area contributed by atoms with Crippen LogP contribution in [0.15, 0.2) is 30.3 Å². The molecule has 0 nitrogen and oxygen atoms in total. The molecule has 0 spiro atoms. The van der Waals surface area contributed by atoms with E-state index in [9.17, 15) is 0 Å². The van der Waals surface area contributed by atoms with Crippen molar-refractivity contribution in [3.63, 3.8) is 0 Å². The highest BCUT2D eigenvalue weighted by Crippen LogP contribution is 2.30. The van der Waals surface area contributed by atoms with Crippen molar-refractivity contribution < 1.29 is 0 Å². The molecule has 0 aliphatic rings. The third kappa shape index (κ3) is 5.25. The number of benzene rings is 3. The fraction of sp³-hybridized carbons (Fsp3) is 0.533. The van der Waals surface area contributed by atoms with Crippen molar-refractivity contribution in [1.29, 1.82) is 0 Å². The molecule has 4 heteroatoms. The minimum absolute atomic E-state index is 0.151. The van der Waals surface area contributed by atoms with E-state index in [0.29, 0.717) is 0 Å². The SMILES string of the molecule is CC(C)(C)c1cc2cc3cc([Si](C)(C)C)c([Si](C)(C)C)cc3cc2c([Si](C)(C)C)c1[Si](C)(C)C. The Labute approximate surface area is 214 Å². The first kappa shape index (κ1) is 27.6. The van der Waals surface area contributed by atoms with Gasteiger partial charge in [-0.2, -0.15) is 0 Å². The number of hydrogen-bond acceptors (Lipinski definition) is 0. The second-order valence-corrected chi connectivity index (χ2v) is 35.8. The van der Waals surface area contributed by atoms with E-state index in [2.05, 4.69) is 130 Å². The lowest BCUT2D eigenvalue weighted by molar-refractivity contribution is 0.595. The summed E-state index contributed by atoms with van der Waals surface area (Å²) in [5.41, 5.74) is 1.75. The van der Waals surface area contributed by atoms with Crippen LogP contribution in [0.5, 0.6) is 0 Å². The van der Waals surface area contributed by atoms with Crippen molar-refractivity contribution in [3.8, 4) is 0 Å². The largest absolute Gasteiger partial charge is 0.0782 e. The van der Waals surface area contributed by atoms with Crippen molar-refractivity contribution >= 4 is 74.6 Å². The Bertz CT molecular complexity index is 1250. The van der Waals surface area contributed by atoms with Gasteiger partial charge in [0.15, 0.2) is 0 Å². The van der Waals surface area contributed by atoms with Gasteiger partial charge in [0.05, 0.1) is 32.3 Å². The Kier molecular flexibility index (Phi) is 6.74. The highest BCUT2D eigenvalue weighted by Gasteiger charge is 2.35. The molecule has 0 saturated carbocycles. The van der Waals surface area contributed by atoms with Gasteiger partial charge in [-0.1, -0.05) is 138 Å². The van der Waals surface area contributed by atoms with Crippen LogP contribution in [-0.4, -0.2) is 32.3 Å². The Balaban J connectivity index is 2.62. The van der Waals surface area contributed by atoms with Gasteiger partial charge in [-0.05, 0) is 44.7 Å². The standard InChI is InChI=1S/C30H50Si4/c1-30(2,3)25-18-23-16-21-19-26(31(4,5)6)27(32(7,8)9)20-22(21)17-24(23)28(33(10,11)12)29(25)34(13,14)15/h16-20H,1-15H3. The van der Waals surface area contributed by atoms with Gasteiger partial charge in [0.1, 0.15) is 0 Å². The van der Waals surface area contributed by atoms with Crippen molar-refractivity contribution in [2.45, 2.75) is 105 Å². The highest BCUT2D eigenvalue weighted by molar-refractivity contribution is 7.00. The van der Waals surface area contributed by atoms with Crippen molar-refractivity contribution in [2.24, 2.45) is 0 Å². The average Bonchev–Trinajstić information content (AvgIpc) is 2.59. The maximum atomic E-state index is 2.61. The third-order valence-corrected chi connectivity index (χ3v) is 15.8. The lowest BCUT2D eigenvalue weighted by atomic mass is 9.85. The molecule has 0 bridgehead atoms. The van der Waals surface area contributed by atoms with E-state index in [1.54, 1.807) is 31.7 Å². The fourth-order valence-electron chi connectivity index (χ4n) is 5.59. The van der Waals surface area contributed by atoms with Gasteiger partial charge < -0.3 is 0 Å². The normalized spacial score (nSPS) is 14.3. The van der Waals surface area contributed by atoms with Gasteiger partial charge in [0, 0.05) is 0 Å². The zero-order chi connectivity index (χ0) is 26.2. The molecule has 0 atom stereocenters. The van der Waals surface area contributed by atoms with Crippen molar-refractivity contribution in [3.05, 3.63) is 35.9 Å². The summed E-state index contributed by atoms with van der Waals surface area (Å²) < 4.78 is 0. The van der Waals surface area contributed by atoms with Crippen LogP contribution in [0.1, 0.15) is 26.3 Å². The minimum Gasteiger partial charge on any atom is -0.0656 e. The van der Waals surface area contributed by atoms with Crippen LogP contribution in [0.3, 0.4) is 0 Å². The van der Waals surface area contributed by atoms with Gasteiger partial charge in [0.2, 0.25) is 0 Å². The lowest BCUT2D eigenvalue weighted by Crippen LogP contribution is -2.59. The van der Waals surface area contributed by atoms with Crippen LogP contribution in [0.25, 0.3) is 21.5 Å². The molecule has 0 aliphatic heterocycles. The van der Waals surface area contributed by atoms with Crippen LogP contribution >= 0.6 is 0 Å². The van der Waals surface area contributed by atoms with E-state index in [-0.39, 0.29) is 5.41 Å². The molecular weight excluding hydrogens is 473 g/mol. The molecule has 0 aliphatic carbocycles. The molecule has 0 heterocycles. The summed E-state index contributed by atoms with van der Waals surface area (Å²) in [5, 5.41) is 12.7. The predicted octanol–water partition coefficient (Wildman–Crippen LogP) is 7.47. The van der Waals surface area contributed by atoms with E-state index >= 15 is 0 Å². The molecular formula is C30H50Si4. The fourth-order valence-corrected chi connectivity index (χ4v) is 17.1. The minimum atomic E-state index is -1.59. The Hall–Kier alpha value is -0.952. The van der Waals surface area contributed by atoms with Gasteiger partial charge in [0.25, 0.3) is 0 Å². The molecule has 0 radical (unpaired) electrons. The molecule has 3 aromatic carbocycles. The van der Waals surface area contributed by atoms with E-state index in [1.165, 1.54) is 16.2 Å². The first-order valence-corrected chi connectivity index (χ1v) is 27.1. The topological polar surface area (TPSA) is 0 Å². The van der Waals surface area contributed by atoms with E-state index in [0.717, 1.165) is 0 Å². The van der Waals surface area contributed by atoms with Crippen LogP contribution in [-0.2, 0) is 5.41 Å². The Morgan fingerprint density at radius 2 is 0.853 bits per heavy atom. The molecule has 0 amide bonds. The number of fused-ring (bicyclic) bond motifs is 2. The van der Waals surface area contributed by atoms with Gasteiger partial charge in [-0.25, -0.2) is 0 Å². The molecule has 3 aromatic rings. The molecule has 0 fully saturated rings. The second-order valence-electron chi connectivity index (χ2n) is 15.7. The van der Waals surface area contributed by atoms with E-state index in [4.69, 9.17) is 0 Å². The van der Waals surface area contributed by atoms with Crippen LogP contribution in [0, 0.1) is 0 Å². The summed E-state index contributed by atoms with van der Waals surface area (Å²) in [5.74, 6) is 0. The van der Waals surface area contributed by atoms with Gasteiger partial charge in [-0.15, -0.1) is 0 Å². The molecule has 0 unspecified atom stereocenters. The number of hydrogen-bond donors (Lipinski definition) is 0. The van der Waals surface area contributed by atoms with Crippen LogP contribution in [0.2, 0.25) is 78.6 Å². The maximum absolute atomic E-state index is 2.61. The average molecular weight is 523 g/mol. The monoisotopic (exact) mass is 522 g/mol. The summed E-state index contributed by atoms with van der Waals surface area (Å²) in [7, 11) is -6.03. The zero-order valence-corrected chi connectivity index (χ0v) is 28.9. The molecule has 3 rings (SSSR count). The summed E-state index contributed by atoms with van der Waals surface area (Å²) in [6.07, 6.45) is 0. The molecule has 34 heavy (non-hydrogen) atoms. The first-order chi connectivity index (χ1) is 15.0. The summed E-state index contributed by atoms with van der Waals surface area (Å²) in [6.45, 7) is 37.7.